The van der Waals surface area contributed by atoms with Gasteiger partial charge in [0.25, 0.3) is 5.56 Å². The van der Waals surface area contributed by atoms with E-state index in [9.17, 15) is 19.5 Å². The van der Waals surface area contributed by atoms with Crippen molar-refractivity contribution in [1.82, 2.24) is 14.9 Å². The highest BCUT2D eigenvalue weighted by Crippen LogP contribution is 2.27. The Kier molecular flexibility index (Phi) is 6.04. The molecule has 6 N–H and O–H groups in total. The maximum Gasteiger partial charge on any atom is 0.330 e. The van der Waals surface area contributed by atoms with Crippen molar-refractivity contribution in [3.63, 3.8) is 0 Å². The lowest BCUT2D eigenvalue weighted by Gasteiger charge is -2.14. The Bertz CT molecular complexity index is 725. The van der Waals surface area contributed by atoms with Crippen molar-refractivity contribution in [3.05, 3.63) is 38.7 Å². The fourth-order valence-corrected chi connectivity index (χ4v) is 2.30. The molecule has 3 atom stereocenters. The molecule has 10 nitrogen and oxygen atoms in total. The van der Waals surface area contributed by atoms with Crippen molar-refractivity contribution in [1.29, 1.82) is 0 Å². The number of aliphatic hydroxyl groups excluding tert-OH is 2. The van der Waals surface area contributed by atoms with E-state index in [1.807, 2.05) is 0 Å². The zero-order chi connectivity index (χ0) is 17.7. The molecule has 0 bridgehead atoms. The van der Waals surface area contributed by atoms with Gasteiger partial charge < -0.3 is 26.0 Å². The van der Waals surface area contributed by atoms with Crippen molar-refractivity contribution < 1.29 is 19.7 Å². The Hall–Kier alpha value is -2.27. The van der Waals surface area contributed by atoms with Gasteiger partial charge in [0.1, 0.15) is 12.3 Å². The molecular formula is C14H20N4O6. The SMILES string of the molecule is NCCNC(=O)/C=C/c1cn([C@H]2CC(O)[C@@H](CO)O2)c(=O)[nH]c1=O. The fraction of sp³-hybridized carbons (Fsp3) is 0.500. The zero-order valence-corrected chi connectivity index (χ0v) is 12.8. The molecule has 1 unspecified atom stereocenters. The summed E-state index contributed by atoms with van der Waals surface area (Å²) in [5, 5.41) is 21.3. The molecule has 1 aliphatic heterocycles. The molecule has 24 heavy (non-hydrogen) atoms. The summed E-state index contributed by atoms with van der Waals surface area (Å²) in [7, 11) is 0. The summed E-state index contributed by atoms with van der Waals surface area (Å²) in [6, 6.07) is 0. The zero-order valence-electron chi connectivity index (χ0n) is 12.8. The molecule has 2 heterocycles. The Morgan fingerprint density at radius 1 is 1.54 bits per heavy atom. The minimum atomic E-state index is -0.917. The summed E-state index contributed by atoms with van der Waals surface area (Å²) in [6.07, 6.45) is 1.21. The highest BCUT2D eigenvalue weighted by atomic mass is 16.5. The van der Waals surface area contributed by atoms with Crippen LogP contribution in [0.4, 0.5) is 0 Å². The van der Waals surface area contributed by atoms with E-state index in [1.54, 1.807) is 0 Å². The van der Waals surface area contributed by atoms with Crippen LogP contribution in [-0.2, 0) is 9.53 Å². The van der Waals surface area contributed by atoms with E-state index < -0.39 is 35.6 Å². The highest BCUT2D eigenvalue weighted by molar-refractivity contribution is 5.91. The molecule has 0 aromatic carbocycles. The van der Waals surface area contributed by atoms with Gasteiger partial charge in [0, 0.05) is 31.8 Å². The lowest BCUT2D eigenvalue weighted by atomic mass is 10.2. The van der Waals surface area contributed by atoms with Crippen LogP contribution < -0.4 is 22.3 Å². The number of aromatic amines is 1. The molecule has 0 saturated carbocycles. The van der Waals surface area contributed by atoms with Crippen LogP contribution in [0.5, 0.6) is 0 Å². The summed E-state index contributed by atoms with van der Waals surface area (Å²) in [5.41, 5.74) is 3.97. The first-order valence-corrected chi connectivity index (χ1v) is 7.42. The number of nitrogens with zero attached hydrogens (tertiary/aromatic N) is 1. The second kappa shape index (κ2) is 8.02. The molecule has 1 saturated heterocycles. The normalized spacial score (nSPS) is 23.7. The Labute approximate surface area is 136 Å². The number of aromatic nitrogens is 2. The monoisotopic (exact) mass is 340 g/mol. The molecule has 0 aliphatic carbocycles. The van der Waals surface area contributed by atoms with Gasteiger partial charge in [0.15, 0.2) is 0 Å². The Morgan fingerprint density at radius 2 is 2.29 bits per heavy atom. The number of nitrogens with one attached hydrogen (secondary N) is 2. The summed E-state index contributed by atoms with van der Waals surface area (Å²) < 4.78 is 6.50. The summed E-state index contributed by atoms with van der Waals surface area (Å²) in [4.78, 5) is 37.4. The standard InChI is InChI=1S/C14H20N4O6/c15-3-4-16-11(21)2-1-8-6-18(14(23)17-13(8)22)12-5-9(20)10(7-19)24-12/h1-2,6,9-10,12,19-20H,3-5,7,15H2,(H,16,21)(H,17,22,23)/b2-1+/t9?,10-,12-/m1/s1. The lowest BCUT2D eigenvalue weighted by Crippen LogP contribution is -2.33. The van der Waals surface area contributed by atoms with Crippen LogP contribution in [0.3, 0.4) is 0 Å². The van der Waals surface area contributed by atoms with Crippen molar-refractivity contribution in [3.8, 4) is 0 Å². The van der Waals surface area contributed by atoms with Gasteiger partial charge in [-0.3, -0.25) is 19.1 Å². The molecule has 10 heteroatoms. The number of carbonyl (C=O) groups is 1. The maximum atomic E-state index is 11.9. The van der Waals surface area contributed by atoms with Crippen LogP contribution in [-0.4, -0.2) is 57.6 Å². The molecule has 1 aromatic heterocycles. The number of aliphatic hydroxyl groups is 2. The van der Waals surface area contributed by atoms with Crippen LogP contribution in [0.15, 0.2) is 21.9 Å². The first kappa shape index (κ1) is 18.1. The van der Waals surface area contributed by atoms with Gasteiger partial charge in [-0.15, -0.1) is 0 Å². The third kappa shape index (κ3) is 4.17. The van der Waals surface area contributed by atoms with Crippen LogP contribution in [0, 0.1) is 0 Å². The van der Waals surface area contributed by atoms with E-state index in [2.05, 4.69) is 10.3 Å². The van der Waals surface area contributed by atoms with Crippen molar-refractivity contribution in [2.45, 2.75) is 24.9 Å². The number of ether oxygens (including phenoxy) is 1. The predicted octanol–water partition coefficient (Wildman–Crippen LogP) is -2.73. The number of hydrogen-bond donors (Lipinski definition) is 5. The topological polar surface area (TPSA) is 160 Å². The number of nitrogens with two attached hydrogens (primary N) is 1. The van der Waals surface area contributed by atoms with Gasteiger partial charge >= 0.3 is 5.69 Å². The largest absolute Gasteiger partial charge is 0.394 e. The third-order valence-corrected chi connectivity index (χ3v) is 3.55. The smallest absolute Gasteiger partial charge is 0.330 e. The molecule has 0 spiro atoms. The predicted molar refractivity (Wildman–Crippen MR) is 84.0 cm³/mol. The second-order valence-electron chi connectivity index (χ2n) is 5.28. The van der Waals surface area contributed by atoms with Gasteiger partial charge in [0.05, 0.1) is 18.3 Å². The van der Waals surface area contributed by atoms with E-state index in [-0.39, 0.29) is 18.6 Å². The third-order valence-electron chi connectivity index (χ3n) is 3.55. The van der Waals surface area contributed by atoms with Crippen LogP contribution in [0.1, 0.15) is 18.2 Å². The number of H-pyrrole nitrogens is 1. The van der Waals surface area contributed by atoms with Gasteiger partial charge in [-0.2, -0.15) is 0 Å². The van der Waals surface area contributed by atoms with E-state index in [0.717, 1.165) is 10.6 Å². The summed E-state index contributed by atoms with van der Waals surface area (Å²) in [6.45, 7) is 0.206. The van der Waals surface area contributed by atoms with E-state index in [1.165, 1.54) is 12.3 Å². The number of rotatable bonds is 6. The minimum Gasteiger partial charge on any atom is -0.394 e. The quantitative estimate of drug-likeness (QED) is 0.351. The molecule has 1 amide bonds. The van der Waals surface area contributed by atoms with E-state index >= 15 is 0 Å². The van der Waals surface area contributed by atoms with Crippen LogP contribution >= 0.6 is 0 Å². The highest BCUT2D eigenvalue weighted by Gasteiger charge is 2.35. The first-order valence-electron chi connectivity index (χ1n) is 7.42. The Balaban J connectivity index is 2.23. The average Bonchev–Trinajstić information content (AvgIpc) is 2.92. The van der Waals surface area contributed by atoms with Gasteiger partial charge in [-0.1, -0.05) is 0 Å². The van der Waals surface area contributed by atoms with Crippen molar-refractivity contribution in [2.24, 2.45) is 5.73 Å². The Morgan fingerprint density at radius 3 is 2.92 bits per heavy atom. The number of hydrogen-bond acceptors (Lipinski definition) is 7. The van der Waals surface area contributed by atoms with Crippen molar-refractivity contribution in [2.75, 3.05) is 19.7 Å². The fourth-order valence-electron chi connectivity index (χ4n) is 2.30. The molecule has 1 aromatic rings. The van der Waals surface area contributed by atoms with Gasteiger partial charge in [-0.25, -0.2) is 4.79 Å². The van der Waals surface area contributed by atoms with Gasteiger partial charge in [-0.05, 0) is 6.08 Å². The molecule has 1 aliphatic rings. The van der Waals surface area contributed by atoms with Crippen LogP contribution in [0.25, 0.3) is 6.08 Å². The number of carbonyl (C=O) groups excluding carboxylic acids is 1. The summed E-state index contributed by atoms with van der Waals surface area (Å²) >= 11 is 0. The van der Waals surface area contributed by atoms with E-state index in [4.69, 9.17) is 15.6 Å². The average molecular weight is 340 g/mol. The molecule has 132 valence electrons. The molecule has 2 rings (SSSR count). The number of amides is 1. The lowest BCUT2D eigenvalue weighted by molar-refractivity contribution is -0.116. The van der Waals surface area contributed by atoms with Gasteiger partial charge in [0.2, 0.25) is 5.91 Å². The molecule has 0 radical (unpaired) electrons. The van der Waals surface area contributed by atoms with Crippen LogP contribution in [0.2, 0.25) is 0 Å². The maximum absolute atomic E-state index is 11.9. The van der Waals surface area contributed by atoms with Crippen molar-refractivity contribution >= 4 is 12.0 Å². The second-order valence-corrected chi connectivity index (χ2v) is 5.28. The molecule has 1 fully saturated rings. The first-order chi connectivity index (χ1) is 11.5. The molecular weight excluding hydrogens is 320 g/mol. The van der Waals surface area contributed by atoms with E-state index in [0.29, 0.717) is 13.1 Å². The minimum absolute atomic E-state index is 0.0723. The summed E-state index contributed by atoms with van der Waals surface area (Å²) in [5.74, 6) is -0.425.